The first kappa shape index (κ1) is 24.5. The molecule has 0 bridgehead atoms. The summed E-state index contributed by atoms with van der Waals surface area (Å²) in [5.41, 5.74) is -1.35. The van der Waals surface area contributed by atoms with Crippen LogP contribution in [0.2, 0.25) is 0 Å². The molecule has 2 atom stereocenters. The van der Waals surface area contributed by atoms with Crippen molar-refractivity contribution < 1.29 is 36.6 Å². The Morgan fingerprint density at radius 3 is 2.39 bits per heavy atom. The molecule has 7 nitrogen and oxygen atoms in total. The quantitative estimate of drug-likeness (QED) is 0.288. The summed E-state index contributed by atoms with van der Waals surface area (Å²) in [6.07, 6.45) is -6.46. The van der Waals surface area contributed by atoms with Crippen LogP contribution in [0.1, 0.15) is 30.5 Å². The smallest absolute Gasteiger partial charge is 0.346 e. The minimum absolute atomic E-state index is 0.0461. The van der Waals surface area contributed by atoms with E-state index in [0.717, 1.165) is 13.2 Å². The number of methoxy groups -OCH3 is 1. The monoisotopic (exact) mass is 445 g/mol. The number of alkyl halides is 3. The number of hydrogen-bond donors (Lipinski definition) is 1. The number of nitrogens with one attached hydrogen (secondary N) is 1. The van der Waals surface area contributed by atoms with E-state index < -0.39 is 48.0 Å². The van der Waals surface area contributed by atoms with Crippen LogP contribution >= 0.6 is 0 Å². The zero-order valence-electron chi connectivity index (χ0n) is 17.2. The zero-order chi connectivity index (χ0) is 23.1. The van der Waals surface area contributed by atoms with Gasteiger partial charge in [0.1, 0.15) is 11.7 Å². The summed E-state index contributed by atoms with van der Waals surface area (Å²) in [7, 11) is 2.35. The fourth-order valence-electron chi connectivity index (χ4n) is 3.01. The molecular weight excluding hydrogens is 422 g/mol. The van der Waals surface area contributed by atoms with Gasteiger partial charge in [0.25, 0.3) is 6.43 Å². The Labute approximate surface area is 176 Å². The Morgan fingerprint density at radius 2 is 1.87 bits per heavy atom. The molecule has 2 rings (SSSR count). The fourth-order valence-corrected chi connectivity index (χ4v) is 3.01. The maximum atomic E-state index is 14.7. The van der Waals surface area contributed by atoms with Crippen molar-refractivity contribution in [2.24, 2.45) is 9.98 Å². The second-order valence-corrected chi connectivity index (χ2v) is 6.41. The summed E-state index contributed by atoms with van der Waals surface area (Å²) < 4.78 is 70.7. The maximum Gasteiger partial charge on any atom is 0.346 e. The van der Waals surface area contributed by atoms with Gasteiger partial charge in [-0.15, -0.1) is 0 Å². The number of benzene rings is 1. The van der Waals surface area contributed by atoms with Crippen LogP contribution < -0.4 is 5.32 Å². The fraction of sp³-hybridized carbons (Fsp3) is 0.450. The number of amidine groups is 1. The lowest BCUT2D eigenvalue weighted by atomic mass is 10.0. The summed E-state index contributed by atoms with van der Waals surface area (Å²) in [4.78, 5) is 19.4. The van der Waals surface area contributed by atoms with Gasteiger partial charge in [-0.2, -0.15) is 0 Å². The van der Waals surface area contributed by atoms with E-state index >= 15 is 0 Å². The van der Waals surface area contributed by atoms with E-state index in [1.54, 1.807) is 0 Å². The Morgan fingerprint density at radius 1 is 1.26 bits per heavy atom. The van der Waals surface area contributed by atoms with Crippen LogP contribution in [0.3, 0.4) is 0 Å². The highest BCUT2D eigenvalue weighted by Gasteiger charge is 2.35. The van der Waals surface area contributed by atoms with Crippen molar-refractivity contribution >= 4 is 18.5 Å². The predicted octanol–water partition coefficient (Wildman–Crippen LogP) is 3.28. The number of rotatable bonds is 8. The molecule has 1 aliphatic heterocycles. The Balaban J connectivity index is 2.48. The molecule has 0 aliphatic carbocycles. The van der Waals surface area contributed by atoms with Crippen molar-refractivity contribution in [2.45, 2.75) is 31.9 Å². The van der Waals surface area contributed by atoms with E-state index in [9.17, 15) is 22.4 Å². The summed E-state index contributed by atoms with van der Waals surface area (Å²) in [6, 6.07) is 2.74. The topological polar surface area (TPSA) is 81.5 Å². The third-order valence-corrected chi connectivity index (χ3v) is 4.54. The van der Waals surface area contributed by atoms with Crippen LogP contribution in [0.4, 0.5) is 17.6 Å². The number of nitrogens with zero attached hydrogens (tertiary/aromatic N) is 2. The van der Waals surface area contributed by atoms with Crippen molar-refractivity contribution in [2.75, 3.05) is 27.4 Å². The Bertz CT molecular complexity index is 870. The molecule has 1 aromatic carbocycles. The Hall–Kier alpha value is -2.79. The van der Waals surface area contributed by atoms with E-state index in [-0.39, 0.29) is 30.2 Å². The van der Waals surface area contributed by atoms with Gasteiger partial charge in [-0.1, -0.05) is 18.2 Å². The number of carbonyl (C=O) groups excluding carboxylic acids is 1. The van der Waals surface area contributed by atoms with E-state index in [1.807, 2.05) is 0 Å². The standard InChI is InChI=1S/C20H23F4N3O4/c1-10(11-6-5-7-12(14(11)21)17(23)24)27-18(26-3)13(20-30-8-9-31-20)16(25-2)15(22)19(28)29-4/h5-7,10,15,17,20H,2,8-9H2,1,3-4H3,(H,26,27)/b16-13+/t10-,15?/m1/s1. The average molecular weight is 445 g/mol. The van der Waals surface area contributed by atoms with E-state index in [4.69, 9.17) is 9.47 Å². The molecular formula is C20H23F4N3O4. The summed E-state index contributed by atoms with van der Waals surface area (Å²) in [5.74, 6) is -2.35. The van der Waals surface area contributed by atoms with Gasteiger partial charge >= 0.3 is 5.97 Å². The number of carbonyl (C=O) groups is 1. The van der Waals surface area contributed by atoms with E-state index in [0.29, 0.717) is 0 Å². The van der Waals surface area contributed by atoms with Crippen molar-refractivity contribution in [1.29, 1.82) is 0 Å². The predicted molar refractivity (Wildman–Crippen MR) is 105 cm³/mol. The molecule has 0 radical (unpaired) electrons. The second-order valence-electron chi connectivity index (χ2n) is 6.41. The van der Waals surface area contributed by atoms with Crippen molar-refractivity contribution in [3.63, 3.8) is 0 Å². The highest BCUT2D eigenvalue weighted by molar-refractivity contribution is 6.01. The molecule has 1 heterocycles. The SMILES string of the molecule is C=N/C(=C(\C(=N/C)N[C@H](C)c1cccc(C(F)F)c1F)C1OCCO1)C(F)C(=O)OC. The minimum atomic E-state index is -2.99. The number of aliphatic imine (C=N–C) groups is 2. The van der Waals surface area contributed by atoms with Crippen LogP contribution in [0.25, 0.3) is 0 Å². The zero-order valence-corrected chi connectivity index (χ0v) is 17.2. The van der Waals surface area contributed by atoms with Crippen LogP contribution in [0, 0.1) is 5.82 Å². The van der Waals surface area contributed by atoms with E-state index in [1.165, 1.54) is 26.1 Å². The molecule has 1 fully saturated rings. The van der Waals surface area contributed by atoms with Crippen LogP contribution in [-0.2, 0) is 19.0 Å². The largest absolute Gasteiger partial charge is 0.467 e. The average Bonchev–Trinajstić information content (AvgIpc) is 3.29. The summed E-state index contributed by atoms with van der Waals surface area (Å²) >= 11 is 0. The molecule has 1 aromatic rings. The second kappa shape index (κ2) is 11.0. The highest BCUT2D eigenvalue weighted by Crippen LogP contribution is 2.29. The molecule has 31 heavy (non-hydrogen) atoms. The number of halogens is 4. The lowest BCUT2D eigenvalue weighted by molar-refractivity contribution is -0.145. The molecule has 0 saturated carbocycles. The third kappa shape index (κ3) is 5.47. The Kier molecular flexibility index (Phi) is 8.69. The van der Waals surface area contributed by atoms with Crippen LogP contribution in [0.15, 0.2) is 39.5 Å². The van der Waals surface area contributed by atoms with Gasteiger partial charge in [-0.05, 0) is 13.6 Å². The first-order valence-corrected chi connectivity index (χ1v) is 9.22. The highest BCUT2D eigenvalue weighted by atomic mass is 19.3. The first-order valence-electron chi connectivity index (χ1n) is 9.22. The molecule has 1 N–H and O–H groups in total. The molecule has 1 unspecified atom stereocenters. The lowest BCUT2D eigenvalue weighted by Crippen LogP contribution is -2.36. The molecule has 170 valence electrons. The van der Waals surface area contributed by atoms with Gasteiger partial charge in [0, 0.05) is 12.6 Å². The molecule has 1 aliphatic rings. The maximum absolute atomic E-state index is 14.7. The van der Waals surface area contributed by atoms with Crippen LogP contribution in [0.5, 0.6) is 0 Å². The summed E-state index contributed by atoms with van der Waals surface area (Å²) in [5, 5.41) is 2.83. The number of ether oxygens (including phenoxy) is 3. The molecule has 0 spiro atoms. The van der Waals surface area contributed by atoms with Gasteiger partial charge in [-0.3, -0.25) is 9.98 Å². The van der Waals surface area contributed by atoms with Gasteiger partial charge < -0.3 is 19.5 Å². The molecule has 1 saturated heterocycles. The third-order valence-electron chi connectivity index (χ3n) is 4.54. The van der Waals surface area contributed by atoms with Gasteiger partial charge in [0.05, 0.1) is 43.2 Å². The number of hydrogen-bond acceptors (Lipinski definition) is 6. The van der Waals surface area contributed by atoms with Gasteiger partial charge in [0.15, 0.2) is 6.29 Å². The molecule has 0 amide bonds. The van der Waals surface area contributed by atoms with E-state index in [2.05, 4.69) is 26.8 Å². The molecule has 0 aromatic heterocycles. The number of esters is 1. The minimum Gasteiger partial charge on any atom is -0.467 e. The van der Waals surface area contributed by atoms with Crippen molar-refractivity contribution in [3.8, 4) is 0 Å². The van der Waals surface area contributed by atoms with Crippen molar-refractivity contribution in [3.05, 3.63) is 46.4 Å². The summed E-state index contributed by atoms with van der Waals surface area (Å²) in [6.45, 7) is 5.17. The normalized spacial score (nSPS) is 17.9. The van der Waals surface area contributed by atoms with Gasteiger partial charge in [0.2, 0.25) is 6.17 Å². The lowest BCUT2D eigenvalue weighted by Gasteiger charge is -2.24. The van der Waals surface area contributed by atoms with Crippen molar-refractivity contribution in [1.82, 2.24) is 5.32 Å². The first-order chi connectivity index (χ1) is 14.8. The van der Waals surface area contributed by atoms with Gasteiger partial charge in [-0.25, -0.2) is 22.4 Å². The molecule has 11 heteroatoms. The van der Waals surface area contributed by atoms with Crippen LogP contribution in [-0.4, -0.2) is 58.4 Å².